The number of aromatic nitrogens is 4. The predicted octanol–water partition coefficient (Wildman–Crippen LogP) is 3.85. The third kappa shape index (κ3) is 1.77. The quantitative estimate of drug-likeness (QED) is 0.526. The van der Waals surface area contributed by atoms with Crippen LogP contribution >= 0.6 is 0 Å². The summed E-state index contributed by atoms with van der Waals surface area (Å²) in [6.45, 7) is 4.25. The number of benzene rings is 1. The molecule has 0 saturated carbocycles. The van der Waals surface area contributed by atoms with Crippen LogP contribution in [0.4, 0.5) is 0 Å². The molecule has 0 bridgehead atoms. The van der Waals surface area contributed by atoms with E-state index in [0.29, 0.717) is 0 Å². The van der Waals surface area contributed by atoms with Crippen molar-refractivity contribution in [2.75, 3.05) is 0 Å². The molecule has 0 unspecified atom stereocenters. The van der Waals surface area contributed by atoms with E-state index in [9.17, 15) is 0 Å². The molecule has 0 aliphatic heterocycles. The molecule has 0 saturated heterocycles. The van der Waals surface area contributed by atoms with Crippen molar-refractivity contribution in [3.8, 4) is 0 Å². The zero-order valence-corrected chi connectivity index (χ0v) is 12.7. The number of fused-ring (bicyclic) bond motifs is 6. The second-order valence-corrected chi connectivity index (χ2v) is 5.32. The van der Waals surface area contributed by atoms with Crippen LogP contribution in [-0.2, 0) is 12.8 Å². The zero-order valence-electron chi connectivity index (χ0n) is 12.7. The fraction of sp³-hybridized carbons (Fsp3) is 0.222. The summed E-state index contributed by atoms with van der Waals surface area (Å²) in [4.78, 5) is 18.9. The van der Waals surface area contributed by atoms with E-state index >= 15 is 0 Å². The number of aryl methyl sites for hydroxylation is 2. The van der Waals surface area contributed by atoms with Crippen molar-refractivity contribution in [1.82, 2.24) is 19.9 Å². The Bertz CT molecular complexity index is 926. The molecule has 0 spiro atoms. The van der Waals surface area contributed by atoms with Gasteiger partial charge < -0.3 is 0 Å². The maximum Gasteiger partial charge on any atom is 0.0992 e. The van der Waals surface area contributed by atoms with Crippen LogP contribution in [0.2, 0.25) is 0 Å². The van der Waals surface area contributed by atoms with Crippen LogP contribution in [0, 0.1) is 0 Å². The van der Waals surface area contributed by atoms with Gasteiger partial charge >= 0.3 is 0 Å². The largest absolute Gasteiger partial charge is 0.254 e. The van der Waals surface area contributed by atoms with Gasteiger partial charge in [0, 0.05) is 23.2 Å². The van der Waals surface area contributed by atoms with Crippen molar-refractivity contribution in [2.24, 2.45) is 0 Å². The van der Waals surface area contributed by atoms with Crippen molar-refractivity contribution >= 4 is 32.8 Å². The van der Waals surface area contributed by atoms with Crippen LogP contribution < -0.4 is 0 Å². The van der Waals surface area contributed by atoms with E-state index in [2.05, 4.69) is 35.9 Å². The lowest BCUT2D eigenvalue weighted by Gasteiger charge is -2.11. The molecular formula is C18H16N4. The zero-order chi connectivity index (χ0) is 15.1. The molecule has 0 atom stereocenters. The molecule has 3 heterocycles. The summed E-state index contributed by atoms with van der Waals surface area (Å²) in [5.74, 6) is 0. The van der Waals surface area contributed by atoms with E-state index in [1.54, 1.807) is 12.4 Å². The molecule has 108 valence electrons. The summed E-state index contributed by atoms with van der Waals surface area (Å²) < 4.78 is 0. The van der Waals surface area contributed by atoms with Gasteiger partial charge in [0.1, 0.15) is 0 Å². The molecule has 22 heavy (non-hydrogen) atoms. The van der Waals surface area contributed by atoms with Crippen LogP contribution in [0.3, 0.4) is 0 Å². The highest BCUT2D eigenvalue weighted by Crippen LogP contribution is 2.31. The van der Waals surface area contributed by atoms with Gasteiger partial charge in [-0.1, -0.05) is 13.8 Å². The average Bonchev–Trinajstić information content (AvgIpc) is 2.60. The van der Waals surface area contributed by atoms with E-state index < -0.39 is 0 Å². The number of hydrogen-bond acceptors (Lipinski definition) is 4. The topological polar surface area (TPSA) is 51.6 Å². The molecule has 4 nitrogen and oxygen atoms in total. The van der Waals surface area contributed by atoms with Gasteiger partial charge in [0.05, 0.1) is 33.5 Å². The summed E-state index contributed by atoms with van der Waals surface area (Å²) in [7, 11) is 0. The van der Waals surface area contributed by atoms with Crippen molar-refractivity contribution in [3.63, 3.8) is 0 Å². The van der Waals surface area contributed by atoms with E-state index in [1.165, 1.54) is 0 Å². The lowest BCUT2D eigenvalue weighted by molar-refractivity contribution is 0.932. The molecule has 1 aromatic carbocycles. The Kier molecular flexibility index (Phi) is 2.96. The first kappa shape index (κ1) is 13.1. The van der Waals surface area contributed by atoms with Crippen LogP contribution in [-0.4, -0.2) is 19.9 Å². The second kappa shape index (κ2) is 4.98. The minimum absolute atomic E-state index is 0.888. The summed E-state index contributed by atoms with van der Waals surface area (Å²) in [6, 6.07) is 7.99. The molecule has 0 aliphatic carbocycles. The first-order valence-electron chi connectivity index (χ1n) is 7.64. The van der Waals surface area contributed by atoms with Crippen molar-refractivity contribution in [1.29, 1.82) is 0 Å². The normalized spacial score (nSPS) is 11.5. The van der Waals surface area contributed by atoms with Crippen LogP contribution in [0.1, 0.15) is 25.2 Å². The molecule has 0 N–H and O–H groups in total. The van der Waals surface area contributed by atoms with Crippen LogP contribution in [0.25, 0.3) is 32.8 Å². The molecule has 4 rings (SSSR count). The van der Waals surface area contributed by atoms with Gasteiger partial charge in [0.2, 0.25) is 0 Å². The van der Waals surface area contributed by atoms with Gasteiger partial charge in [-0.05, 0) is 37.1 Å². The number of rotatable bonds is 2. The number of nitrogens with zero attached hydrogens (tertiary/aromatic N) is 4. The van der Waals surface area contributed by atoms with Gasteiger partial charge in [-0.3, -0.25) is 9.97 Å². The Morgan fingerprint density at radius 1 is 0.682 bits per heavy atom. The highest BCUT2D eigenvalue weighted by molar-refractivity contribution is 6.20. The number of hydrogen-bond donors (Lipinski definition) is 0. The van der Waals surface area contributed by atoms with Crippen molar-refractivity contribution < 1.29 is 0 Å². The third-order valence-corrected chi connectivity index (χ3v) is 4.07. The lowest BCUT2D eigenvalue weighted by atomic mass is 10.1. The maximum absolute atomic E-state index is 4.91. The maximum atomic E-state index is 4.91. The monoisotopic (exact) mass is 288 g/mol. The Hall–Kier alpha value is -2.62. The van der Waals surface area contributed by atoms with Crippen molar-refractivity contribution in [3.05, 3.63) is 48.0 Å². The number of pyridine rings is 2. The molecule has 0 aliphatic rings. The Morgan fingerprint density at radius 3 is 1.55 bits per heavy atom. The van der Waals surface area contributed by atoms with E-state index in [0.717, 1.165) is 57.1 Å². The van der Waals surface area contributed by atoms with Crippen LogP contribution in [0.15, 0.2) is 36.7 Å². The summed E-state index contributed by atoms with van der Waals surface area (Å²) in [5.41, 5.74) is 5.79. The highest BCUT2D eigenvalue weighted by Gasteiger charge is 2.14. The SMILES string of the molecule is CCc1nc2c3cccnc3c3ncccc3c2nc1CC. The summed E-state index contributed by atoms with van der Waals surface area (Å²) >= 11 is 0. The van der Waals surface area contributed by atoms with E-state index in [4.69, 9.17) is 9.97 Å². The average molecular weight is 288 g/mol. The predicted molar refractivity (Wildman–Crippen MR) is 88.9 cm³/mol. The summed E-state index contributed by atoms with van der Waals surface area (Å²) in [6.07, 6.45) is 5.38. The van der Waals surface area contributed by atoms with Gasteiger partial charge in [0.25, 0.3) is 0 Å². The standard InChI is InChI=1S/C18H16N4/c1-3-13-14(4-2)22-18-12-8-6-10-20-16(12)15-11(17(18)21-13)7-5-9-19-15/h5-10H,3-4H2,1-2H3. The minimum Gasteiger partial charge on any atom is -0.254 e. The molecule has 0 fully saturated rings. The smallest absolute Gasteiger partial charge is 0.0992 e. The Balaban J connectivity index is 2.32. The van der Waals surface area contributed by atoms with Gasteiger partial charge in [-0.2, -0.15) is 0 Å². The molecule has 0 radical (unpaired) electrons. The molecule has 4 heteroatoms. The summed E-state index contributed by atoms with van der Waals surface area (Å²) in [5, 5.41) is 2.04. The third-order valence-electron chi connectivity index (χ3n) is 4.07. The van der Waals surface area contributed by atoms with Gasteiger partial charge in [0.15, 0.2) is 0 Å². The fourth-order valence-corrected chi connectivity index (χ4v) is 3.02. The van der Waals surface area contributed by atoms with Crippen molar-refractivity contribution in [2.45, 2.75) is 26.7 Å². The minimum atomic E-state index is 0.888. The van der Waals surface area contributed by atoms with Gasteiger partial charge in [-0.25, -0.2) is 9.97 Å². The fourth-order valence-electron chi connectivity index (χ4n) is 3.02. The van der Waals surface area contributed by atoms with E-state index in [1.807, 2.05) is 12.1 Å². The Labute approximate surface area is 128 Å². The molecule has 4 aromatic rings. The first-order valence-corrected chi connectivity index (χ1v) is 7.64. The van der Waals surface area contributed by atoms with E-state index in [-0.39, 0.29) is 0 Å². The lowest BCUT2D eigenvalue weighted by Crippen LogP contribution is -2.02. The highest BCUT2D eigenvalue weighted by atomic mass is 14.8. The molecule has 3 aromatic heterocycles. The van der Waals surface area contributed by atoms with Gasteiger partial charge in [-0.15, -0.1) is 0 Å². The first-order chi connectivity index (χ1) is 10.8. The second-order valence-electron chi connectivity index (χ2n) is 5.32. The van der Waals surface area contributed by atoms with Crippen LogP contribution in [0.5, 0.6) is 0 Å². The molecular weight excluding hydrogens is 272 g/mol. The molecule has 0 amide bonds. The Morgan fingerprint density at radius 2 is 1.14 bits per heavy atom.